The highest BCUT2D eigenvalue weighted by Crippen LogP contribution is 2.26. The van der Waals surface area contributed by atoms with Gasteiger partial charge < -0.3 is 10.4 Å². The Hall–Kier alpha value is -1.82. The third kappa shape index (κ3) is 2.70. The SMILES string of the molecule is CCn1cc(Nc2ccc(C(=O)O)cc2Br)cn1. The molecule has 0 bridgehead atoms. The van der Waals surface area contributed by atoms with Gasteiger partial charge in [0.1, 0.15) is 0 Å². The fourth-order valence-electron chi connectivity index (χ4n) is 1.51. The van der Waals surface area contributed by atoms with Crippen molar-refractivity contribution in [3.63, 3.8) is 0 Å². The van der Waals surface area contributed by atoms with Gasteiger partial charge in [0.05, 0.1) is 23.1 Å². The van der Waals surface area contributed by atoms with Gasteiger partial charge in [-0.1, -0.05) is 0 Å². The molecule has 0 saturated heterocycles. The zero-order valence-corrected chi connectivity index (χ0v) is 11.3. The van der Waals surface area contributed by atoms with Crippen LogP contribution in [0.5, 0.6) is 0 Å². The van der Waals surface area contributed by atoms with Crippen LogP contribution in [-0.2, 0) is 6.54 Å². The molecule has 0 aliphatic heterocycles. The largest absolute Gasteiger partial charge is 0.478 e. The van der Waals surface area contributed by atoms with Gasteiger partial charge in [-0.3, -0.25) is 4.68 Å². The van der Waals surface area contributed by atoms with Crippen LogP contribution in [-0.4, -0.2) is 20.9 Å². The summed E-state index contributed by atoms with van der Waals surface area (Å²) in [6.45, 7) is 2.81. The van der Waals surface area contributed by atoms with Crippen molar-refractivity contribution < 1.29 is 9.90 Å². The van der Waals surface area contributed by atoms with Crippen LogP contribution < -0.4 is 5.32 Å². The van der Waals surface area contributed by atoms with Gasteiger partial charge in [-0.2, -0.15) is 5.10 Å². The van der Waals surface area contributed by atoms with Crippen LogP contribution in [0, 0.1) is 0 Å². The minimum absolute atomic E-state index is 0.247. The van der Waals surface area contributed by atoms with E-state index in [9.17, 15) is 4.79 Å². The Morgan fingerprint density at radius 3 is 2.89 bits per heavy atom. The van der Waals surface area contributed by atoms with Crippen molar-refractivity contribution >= 4 is 33.3 Å². The lowest BCUT2D eigenvalue weighted by Gasteiger charge is -2.06. The van der Waals surface area contributed by atoms with Crippen molar-refractivity contribution in [3.8, 4) is 0 Å². The minimum atomic E-state index is -0.943. The monoisotopic (exact) mass is 309 g/mol. The molecule has 94 valence electrons. The zero-order valence-electron chi connectivity index (χ0n) is 9.72. The number of nitrogens with one attached hydrogen (secondary N) is 1. The quantitative estimate of drug-likeness (QED) is 0.910. The number of nitrogens with zero attached hydrogens (tertiary/aromatic N) is 2. The van der Waals surface area contributed by atoms with Gasteiger partial charge in [0.2, 0.25) is 0 Å². The van der Waals surface area contributed by atoms with Crippen molar-refractivity contribution in [2.75, 3.05) is 5.32 Å². The Morgan fingerprint density at radius 2 is 2.33 bits per heavy atom. The third-order valence-corrected chi connectivity index (χ3v) is 3.11. The third-order valence-electron chi connectivity index (χ3n) is 2.45. The van der Waals surface area contributed by atoms with Crippen LogP contribution in [0.25, 0.3) is 0 Å². The molecule has 0 spiro atoms. The Bertz CT molecular complexity index is 580. The van der Waals surface area contributed by atoms with E-state index in [4.69, 9.17) is 5.11 Å². The molecule has 1 heterocycles. The second-order valence-corrected chi connectivity index (χ2v) is 4.56. The molecule has 0 fully saturated rings. The molecular weight excluding hydrogens is 298 g/mol. The summed E-state index contributed by atoms with van der Waals surface area (Å²) in [6.07, 6.45) is 3.61. The van der Waals surface area contributed by atoms with Crippen molar-refractivity contribution in [1.29, 1.82) is 0 Å². The predicted molar refractivity (Wildman–Crippen MR) is 72.3 cm³/mol. The molecule has 1 aromatic heterocycles. The summed E-state index contributed by atoms with van der Waals surface area (Å²) in [7, 11) is 0. The number of carbonyl (C=O) groups is 1. The van der Waals surface area contributed by atoms with Crippen LogP contribution in [0.3, 0.4) is 0 Å². The van der Waals surface area contributed by atoms with E-state index >= 15 is 0 Å². The first-order chi connectivity index (χ1) is 8.60. The number of aryl methyl sites for hydroxylation is 1. The zero-order chi connectivity index (χ0) is 13.1. The van der Waals surface area contributed by atoms with Gasteiger partial charge in [0.15, 0.2) is 0 Å². The number of carboxylic acid groups (broad SMARTS) is 1. The Morgan fingerprint density at radius 1 is 1.56 bits per heavy atom. The molecular formula is C12H12BrN3O2. The van der Waals surface area contributed by atoms with Crippen LogP contribution in [0.4, 0.5) is 11.4 Å². The van der Waals surface area contributed by atoms with E-state index in [-0.39, 0.29) is 5.56 Å². The van der Waals surface area contributed by atoms with E-state index in [0.29, 0.717) is 4.47 Å². The van der Waals surface area contributed by atoms with E-state index < -0.39 is 5.97 Å². The number of aromatic carboxylic acids is 1. The predicted octanol–water partition coefficient (Wildman–Crippen LogP) is 3.11. The van der Waals surface area contributed by atoms with Crippen LogP contribution in [0.15, 0.2) is 35.1 Å². The Kier molecular flexibility index (Phi) is 3.66. The summed E-state index contributed by atoms with van der Waals surface area (Å²) < 4.78 is 2.51. The maximum atomic E-state index is 10.8. The molecule has 1 aromatic carbocycles. The summed E-state index contributed by atoms with van der Waals surface area (Å²) in [5.74, 6) is -0.943. The van der Waals surface area contributed by atoms with Crippen molar-refractivity contribution in [3.05, 3.63) is 40.6 Å². The van der Waals surface area contributed by atoms with Gasteiger partial charge in [0.25, 0.3) is 0 Å². The summed E-state index contributed by atoms with van der Waals surface area (Å²) in [4.78, 5) is 10.8. The number of rotatable bonds is 4. The smallest absolute Gasteiger partial charge is 0.335 e. The number of benzene rings is 1. The molecule has 0 unspecified atom stereocenters. The topological polar surface area (TPSA) is 67.2 Å². The molecule has 2 aromatic rings. The van der Waals surface area contributed by atoms with Crippen LogP contribution in [0.1, 0.15) is 17.3 Å². The first-order valence-corrected chi connectivity index (χ1v) is 6.21. The lowest BCUT2D eigenvalue weighted by Crippen LogP contribution is -1.97. The van der Waals surface area contributed by atoms with E-state index in [0.717, 1.165) is 17.9 Å². The molecule has 18 heavy (non-hydrogen) atoms. The number of hydrogen-bond donors (Lipinski definition) is 2. The molecule has 2 rings (SSSR count). The summed E-state index contributed by atoms with van der Waals surface area (Å²) in [5, 5.41) is 16.2. The molecule has 0 saturated carbocycles. The fourth-order valence-corrected chi connectivity index (χ4v) is 1.98. The second kappa shape index (κ2) is 5.22. The van der Waals surface area contributed by atoms with Crippen LogP contribution in [0.2, 0.25) is 0 Å². The molecule has 5 nitrogen and oxygen atoms in total. The second-order valence-electron chi connectivity index (χ2n) is 3.71. The standard InChI is InChI=1S/C12H12BrN3O2/c1-2-16-7-9(6-14-16)15-11-4-3-8(12(17)18)5-10(11)13/h3-7,15H,2H2,1H3,(H,17,18). The van der Waals surface area contributed by atoms with Gasteiger partial charge in [-0.05, 0) is 41.1 Å². The lowest BCUT2D eigenvalue weighted by molar-refractivity contribution is 0.0697. The molecule has 2 N–H and O–H groups in total. The van der Waals surface area contributed by atoms with Gasteiger partial charge in [0, 0.05) is 17.2 Å². The molecule has 0 amide bonds. The van der Waals surface area contributed by atoms with E-state index in [2.05, 4.69) is 26.3 Å². The fraction of sp³-hybridized carbons (Fsp3) is 0.167. The van der Waals surface area contributed by atoms with Gasteiger partial charge in [-0.25, -0.2) is 4.79 Å². The summed E-state index contributed by atoms with van der Waals surface area (Å²) in [6, 6.07) is 4.84. The summed E-state index contributed by atoms with van der Waals surface area (Å²) in [5.41, 5.74) is 1.91. The number of anilines is 2. The van der Waals surface area contributed by atoms with Crippen LogP contribution >= 0.6 is 15.9 Å². The van der Waals surface area contributed by atoms with E-state index in [1.165, 1.54) is 0 Å². The van der Waals surface area contributed by atoms with Gasteiger partial charge >= 0.3 is 5.97 Å². The highest BCUT2D eigenvalue weighted by molar-refractivity contribution is 9.10. The number of hydrogen-bond acceptors (Lipinski definition) is 3. The van der Waals surface area contributed by atoms with Crippen molar-refractivity contribution in [2.24, 2.45) is 0 Å². The molecule has 0 aliphatic carbocycles. The number of halogens is 1. The number of aromatic nitrogens is 2. The maximum Gasteiger partial charge on any atom is 0.335 e. The molecule has 0 aliphatic rings. The van der Waals surface area contributed by atoms with Crippen molar-refractivity contribution in [1.82, 2.24) is 9.78 Å². The molecule has 0 radical (unpaired) electrons. The maximum absolute atomic E-state index is 10.8. The van der Waals surface area contributed by atoms with Gasteiger partial charge in [-0.15, -0.1) is 0 Å². The first-order valence-electron chi connectivity index (χ1n) is 5.42. The van der Waals surface area contributed by atoms with Crippen molar-refractivity contribution in [2.45, 2.75) is 13.5 Å². The first kappa shape index (κ1) is 12.6. The minimum Gasteiger partial charge on any atom is -0.478 e. The average Bonchev–Trinajstić information content (AvgIpc) is 2.79. The lowest BCUT2D eigenvalue weighted by atomic mass is 10.2. The normalized spacial score (nSPS) is 10.3. The average molecular weight is 310 g/mol. The number of carboxylic acids is 1. The van der Waals surface area contributed by atoms with E-state index in [1.807, 2.05) is 17.8 Å². The Balaban J connectivity index is 2.21. The highest BCUT2D eigenvalue weighted by atomic mass is 79.9. The molecule has 6 heteroatoms. The van der Waals surface area contributed by atoms with E-state index in [1.54, 1.807) is 24.4 Å². The summed E-state index contributed by atoms with van der Waals surface area (Å²) >= 11 is 3.34. The molecule has 0 atom stereocenters. The highest BCUT2D eigenvalue weighted by Gasteiger charge is 2.07. The Labute approximate surface area is 113 Å².